The van der Waals surface area contributed by atoms with Crippen molar-refractivity contribution in [3.63, 3.8) is 0 Å². The van der Waals surface area contributed by atoms with Crippen LogP contribution in [-0.2, 0) is 9.22 Å². The van der Waals surface area contributed by atoms with Crippen molar-refractivity contribution in [1.82, 2.24) is 0 Å². The average Bonchev–Trinajstić information content (AvgIpc) is 2.16. The van der Waals surface area contributed by atoms with Crippen molar-refractivity contribution in [3.05, 3.63) is 0 Å². The standard InChI is InChI=1S/C6H13.3C4H9O.Sn/c1-3-5-6-4-2;3*1-4(2,3)5;/h1,3-6H2,2H3;3*1-3H3;/q;3*-1;+3. The van der Waals surface area contributed by atoms with Crippen LogP contribution in [0, 0.1) is 0 Å². The number of rotatable bonds is 8. The molecule has 0 atom stereocenters. The summed E-state index contributed by atoms with van der Waals surface area (Å²) in [6.07, 6.45) is 4.86. The summed E-state index contributed by atoms with van der Waals surface area (Å²) in [6, 6.07) is 0. The fourth-order valence-electron chi connectivity index (χ4n) is 2.38. The van der Waals surface area contributed by atoms with E-state index in [0.717, 1.165) is 10.9 Å². The normalized spacial score (nSPS) is 14.5. The summed E-state index contributed by atoms with van der Waals surface area (Å²) in [4.78, 5) is 0. The van der Waals surface area contributed by atoms with Gasteiger partial charge >= 0.3 is 145 Å². The molecule has 0 N–H and O–H groups in total. The second-order valence-electron chi connectivity index (χ2n) is 9.14. The predicted molar refractivity (Wildman–Crippen MR) is 97.2 cm³/mol. The van der Waals surface area contributed by atoms with Crippen LogP contribution in [0.15, 0.2) is 0 Å². The first-order valence-electron chi connectivity index (χ1n) is 8.79. The van der Waals surface area contributed by atoms with E-state index in [2.05, 4.69) is 69.2 Å². The molecule has 0 heterocycles. The minimum atomic E-state index is -3.65. The van der Waals surface area contributed by atoms with Crippen LogP contribution in [0.4, 0.5) is 0 Å². The molecule has 0 aromatic rings. The van der Waals surface area contributed by atoms with Crippen LogP contribution in [-0.4, -0.2) is 36.4 Å². The molecule has 0 aromatic heterocycles. The van der Waals surface area contributed by atoms with Gasteiger partial charge in [0.15, 0.2) is 0 Å². The zero-order chi connectivity index (χ0) is 17.7. The second-order valence-corrected chi connectivity index (χ2v) is 16.2. The molecular weight excluding hydrogens is 383 g/mol. The van der Waals surface area contributed by atoms with Crippen molar-refractivity contribution in [3.8, 4) is 0 Å². The SMILES string of the molecule is CCCCC[CH2][Sn]([O]C(C)(C)C)([O]C(C)(C)C)[O]C(C)(C)C. The van der Waals surface area contributed by atoms with E-state index >= 15 is 0 Å². The Morgan fingerprint density at radius 1 is 0.591 bits per heavy atom. The maximum absolute atomic E-state index is 6.52. The molecule has 0 spiro atoms. The molecule has 0 unspecified atom stereocenters. The van der Waals surface area contributed by atoms with Gasteiger partial charge in [0.2, 0.25) is 0 Å². The predicted octanol–water partition coefficient (Wildman–Crippen LogP) is 5.95. The van der Waals surface area contributed by atoms with Crippen LogP contribution in [0.1, 0.15) is 94.9 Å². The van der Waals surface area contributed by atoms with Crippen LogP contribution >= 0.6 is 0 Å². The Hall–Kier alpha value is 0.679. The molecule has 0 rings (SSSR count). The van der Waals surface area contributed by atoms with Crippen molar-refractivity contribution in [2.45, 2.75) is 116 Å². The van der Waals surface area contributed by atoms with Gasteiger partial charge in [-0.1, -0.05) is 0 Å². The summed E-state index contributed by atoms with van der Waals surface area (Å²) < 4.78 is 20.5. The molecule has 0 radical (unpaired) electrons. The molecule has 134 valence electrons. The van der Waals surface area contributed by atoms with Crippen molar-refractivity contribution < 1.29 is 9.22 Å². The third-order valence-electron chi connectivity index (χ3n) is 2.72. The summed E-state index contributed by atoms with van der Waals surface area (Å²) in [6.45, 7) is 21.1. The monoisotopic (exact) mass is 424 g/mol. The van der Waals surface area contributed by atoms with E-state index in [1.807, 2.05) is 0 Å². The Labute approximate surface area is 145 Å². The van der Waals surface area contributed by atoms with Crippen LogP contribution in [0.2, 0.25) is 4.44 Å². The number of hydrogen-bond donors (Lipinski definition) is 0. The molecule has 3 nitrogen and oxygen atoms in total. The summed E-state index contributed by atoms with van der Waals surface area (Å²) >= 11 is -3.65. The molecule has 0 saturated carbocycles. The topological polar surface area (TPSA) is 27.7 Å². The Morgan fingerprint density at radius 3 is 1.23 bits per heavy atom. The molecule has 0 saturated heterocycles. The summed E-state index contributed by atoms with van der Waals surface area (Å²) in [7, 11) is 0. The summed E-state index contributed by atoms with van der Waals surface area (Å²) in [5, 5.41) is 0. The third kappa shape index (κ3) is 12.1. The molecule has 4 heteroatoms. The van der Waals surface area contributed by atoms with Gasteiger partial charge in [0.1, 0.15) is 0 Å². The number of unbranched alkanes of at least 4 members (excludes halogenated alkanes) is 3. The van der Waals surface area contributed by atoms with E-state index < -0.39 is 19.6 Å². The first-order chi connectivity index (χ1) is 9.68. The van der Waals surface area contributed by atoms with E-state index in [0.29, 0.717) is 0 Å². The molecule has 0 aromatic carbocycles. The van der Waals surface area contributed by atoms with E-state index in [-0.39, 0.29) is 16.8 Å². The van der Waals surface area contributed by atoms with Gasteiger partial charge in [-0.25, -0.2) is 0 Å². The molecule has 0 bridgehead atoms. The molecule has 0 aliphatic carbocycles. The van der Waals surface area contributed by atoms with Crippen LogP contribution < -0.4 is 0 Å². The van der Waals surface area contributed by atoms with Crippen molar-refractivity contribution >= 4 is 19.6 Å². The zero-order valence-corrected chi connectivity index (χ0v) is 19.6. The fourth-order valence-corrected chi connectivity index (χ4v) is 13.6. The van der Waals surface area contributed by atoms with E-state index in [1.54, 1.807) is 0 Å². The van der Waals surface area contributed by atoms with E-state index in [1.165, 1.54) is 19.3 Å². The van der Waals surface area contributed by atoms with Gasteiger partial charge in [0.05, 0.1) is 0 Å². The zero-order valence-electron chi connectivity index (χ0n) is 16.8. The summed E-state index contributed by atoms with van der Waals surface area (Å²) in [5.74, 6) is 0. The molecular formula is C18H40O3Sn. The Kier molecular flexibility index (Phi) is 8.95. The Bertz CT molecular complexity index is 267. The average molecular weight is 423 g/mol. The third-order valence-corrected chi connectivity index (χ3v) is 13.4. The van der Waals surface area contributed by atoms with Gasteiger partial charge < -0.3 is 0 Å². The fraction of sp³-hybridized carbons (Fsp3) is 1.00. The maximum atomic E-state index is 6.52. The van der Waals surface area contributed by atoms with Crippen molar-refractivity contribution in [2.24, 2.45) is 0 Å². The minimum absolute atomic E-state index is 0.239. The van der Waals surface area contributed by atoms with Crippen LogP contribution in [0.5, 0.6) is 0 Å². The van der Waals surface area contributed by atoms with Crippen LogP contribution in [0.25, 0.3) is 0 Å². The van der Waals surface area contributed by atoms with Crippen molar-refractivity contribution in [2.75, 3.05) is 0 Å². The van der Waals surface area contributed by atoms with Gasteiger partial charge in [-0.2, -0.15) is 0 Å². The van der Waals surface area contributed by atoms with Gasteiger partial charge in [-0.05, 0) is 0 Å². The van der Waals surface area contributed by atoms with Gasteiger partial charge in [0.25, 0.3) is 0 Å². The van der Waals surface area contributed by atoms with E-state index in [4.69, 9.17) is 9.22 Å². The van der Waals surface area contributed by atoms with Gasteiger partial charge in [0, 0.05) is 0 Å². The Morgan fingerprint density at radius 2 is 0.955 bits per heavy atom. The van der Waals surface area contributed by atoms with Crippen molar-refractivity contribution in [1.29, 1.82) is 0 Å². The Balaban J connectivity index is 5.30. The van der Waals surface area contributed by atoms with Gasteiger partial charge in [-0.3, -0.25) is 0 Å². The first-order valence-corrected chi connectivity index (χ1v) is 14.3. The quantitative estimate of drug-likeness (QED) is 0.357. The van der Waals surface area contributed by atoms with Gasteiger partial charge in [-0.15, -0.1) is 0 Å². The molecule has 22 heavy (non-hydrogen) atoms. The second kappa shape index (κ2) is 8.68. The van der Waals surface area contributed by atoms with E-state index in [9.17, 15) is 0 Å². The molecule has 0 amide bonds. The molecule has 0 fully saturated rings. The summed E-state index contributed by atoms with van der Waals surface area (Å²) in [5.41, 5.74) is -0.716. The number of hydrogen-bond acceptors (Lipinski definition) is 3. The first kappa shape index (κ1) is 22.7. The molecule has 0 aliphatic heterocycles. The molecule has 0 aliphatic rings. The van der Waals surface area contributed by atoms with Crippen LogP contribution in [0.3, 0.4) is 0 Å².